The number of halogens is 10. The summed E-state index contributed by atoms with van der Waals surface area (Å²) in [5.41, 5.74) is -6.32. The molecule has 3 rings (SSSR count). The molecule has 1 aromatic carbocycles. The summed E-state index contributed by atoms with van der Waals surface area (Å²) in [5.74, 6) is -1.39. The third-order valence-corrected chi connectivity index (χ3v) is 4.50. The average Bonchev–Trinajstić information content (AvgIpc) is 3.10. The van der Waals surface area contributed by atoms with Gasteiger partial charge in [0.15, 0.2) is 11.5 Å². The number of alkyl halides is 10. The van der Waals surface area contributed by atoms with Crippen LogP contribution in [0.5, 0.6) is 0 Å². The maximum absolute atomic E-state index is 13.9. The summed E-state index contributed by atoms with van der Waals surface area (Å²) in [6.45, 7) is -1.58. The van der Waals surface area contributed by atoms with Crippen LogP contribution in [0.2, 0.25) is 0 Å². The summed E-state index contributed by atoms with van der Waals surface area (Å²) >= 11 is 0. The number of likely N-dealkylation sites (tertiary alicyclic amines) is 1. The lowest BCUT2D eigenvalue weighted by Crippen LogP contribution is -2.61. The van der Waals surface area contributed by atoms with Gasteiger partial charge in [-0.3, -0.25) is 4.79 Å². The topological polar surface area (TPSA) is 51.0 Å². The molecule has 180 valence electrons. The van der Waals surface area contributed by atoms with Crippen molar-refractivity contribution in [1.82, 2.24) is 19.7 Å². The smallest absolute Gasteiger partial charge is 0.333 e. The van der Waals surface area contributed by atoms with Gasteiger partial charge in [-0.05, 0) is 18.2 Å². The van der Waals surface area contributed by atoms with Crippen LogP contribution < -0.4 is 0 Å². The fourth-order valence-corrected chi connectivity index (χ4v) is 3.07. The van der Waals surface area contributed by atoms with E-state index >= 15 is 0 Å². The van der Waals surface area contributed by atoms with Crippen molar-refractivity contribution in [2.75, 3.05) is 13.1 Å². The molecule has 1 aliphatic rings. The molecular formula is C18H12F10N4O. The monoisotopic (exact) mass is 490 g/mol. The largest absolute Gasteiger partial charge is 0.416 e. The van der Waals surface area contributed by atoms with Crippen molar-refractivity contribution in [3.8, 4) is 11.4 Å². The molecule has 33 heavy (non-hydrogen) atoms. The maximum atomic E-state index is 13.9. The first-order valence-corrected chi connectivity index (χ1v) is 8.89. The molecule has 0 spiro atoms. The Kier molecular flexibility index (Phi) is 5.96. The first kappa shape index (κ1) is 24.5. The summed E-state index contributed by atoms with van der Waals surface area (Å²) in [4.78, 5) is 16.3. The van der Waals surface area contributed by atoms with Crippen LogP contribution >= 0.6 is 0 Å². The van der Waals surface area contributed by atoms with E-state index in [9.17, 15) is 48.7 Å². The first-order valence-electron chi connectivity index (χ1n) is 8.89. The zero-order chi connectivity index (χ0) is 24.8. The minimum Gasteiger partial charge on any atom is -0.333 e. The molecule has 5 nitrogen and oxygen atoms in total. The molecule has 15 heteroatoms. The molecule has 0 N–H and O–H groups in total. The second kappa shape index (κ2) is 8.02. The molecule has 0 saturated carbocycles. The summed E-state index contributed by atoms with van der Waals surface area (Å²) in [5, 5.41) is 3.67. The Balaban J connectivity index is 1.74. The molecule has 2 heterocycles. The molecule has 0 aliphatic carbocycles. The number of carbonyl (C=O) groups is 1. The molecule has 0 radical (unpaired) electrons. The second-order valence-electron chi connectivity index (χ2n) is 7.30. The Morgan fingerprint density at radius 3 is 2.00 bits per heavy atom. The minimum absolute atomic E-state index is 0.0597. The van der Waals surface area contributed by atoms with Crippen LogP contribution in [0.25, 0.3) is 17.6 Å². The van der Waals surface area contributed by atoms with E-state index in [0.717, 1.165) is 28.2 Å². The van der Waals surface area contributed by atoms with Gasteiger partial charge in [0.25, 0.3) is 0 Å². The SMILES string of the molecule is O=C(/C=C\n1cnc(-c2cc(C(F)(F)F)cc(C(F)(F)F)c2)n1)N1CC(F)(CC(F)(F)F)C1. The first-order chi connectivity index (χ1) is 15.0. The van der Waals surface area contributed by atoms with E-state index < -0.39 is 72.1 Å². The molecule has 1 aliphatic heterocycles. The predicted octanol–water partition coefficient (Wildman–Crippen LogP) is 4.96. The fourth-order valence-electron chi connectivity index (χ4n) is 3.07. The van der Waals surface area contributed by atoms with Crippen LogP contribution in [0, 0.1) is 0 Å². The number of hydrogen-bond acceptors (Lipinski definition) is 3. The Hall–Kier alpha value is -3.13. The quantitative estimate of drug-likeness (QED) is 0.450. The molecular weight excluding hydrogens is 478 g/mol. The lowest BCUT2D eigenvalue weighted by atomic mass is 9.92. The van der Waals surface area contributed by atoms with Gasteiger partial charge in [-0.15, -0.1) is 5.10 Å². The number of amides is 1. The zero-order valence-corrected chi connectivity index (χ0v) is 16.1. The van der Waals surface area contributed by atoms with Crippen LogP contribution in [0.3, 0.4) is 0 Å². The minimum atomic E-state index is -5.07. The van der Waals surface area contributed by atoms with E-state index in [0.29, 0.717) is 12.1 Å². The van der Waals surface area contributed by atoms with Gasteiger partial charge in [-0.25, -0.2) is 14.1 Å². The molecule has 1 fully saturated rings. The summed E-state index contributed by atoms with van der Waals surface area (Å²) in [6.07, 6.45) is -14.0. The number of hydrogen-bond donors (Lipinski definition) is 0. The van der Waals surface area contributed by atoms with Gasteiger partial charge in [-0.2, -0.15) is 39.5 Å². The zero-order valence-electron chi connectivity index (χ0n) is 16.1. The fraction of sp³-hybridized carbons (Fsp3) is 0.389. The van der Waals surface area contributed by atoms with E-state index in [1.165, 1.54) is 0 Å². The lowest BCUT2D eigenvalue weighted by molar-refractivity contribution is -0.188. The van der Waals surface area contributed by atoms with Crippen molar-refractivity contribution in [3.05, 3.63) is 41.7 Å². The van der Waals surface area contributed by atoms with Gasteiger partial charge < -0.3 is 4.90 Å². The highest BCUT2D eigenvalue weighted by atomic mass is 19.4. The van der Waals surface area contributed by atoms with E-state index in [-0.39, 0.29) is 6.07 Å². The van der Waals surface area contributed by atoms with Gasteiger partial charge in [0.1, 0.15) is 6.33 Å². The third-order valence-electron chi connectivity index (χ3n) is 4.50. The molecule has 0 unspecified atom stereocenters. The van der Waals surface area contributed by atoms with Crippen molar-refractivity contribution in [1.29, 1.82) is 0 Å². The van der Waals surface area contributed by atoms with Crippen LogP contribution in [-0.2, 0) is 17.1 Å². The summed E-state index contributed by atoms with van der Waals surface area (Å²) < 4.78 is 129. The normalized spacial score (nSPS) is 16.8. The number of rotatable bonds is 4. The molecule has 1 saturated heterocycles. The van der Waals surface area contributed by atoms with Crippen molar-refractivity contribution in [3.63, 3.8) is 0 Å². The van der Waals surface area contributed by atoms with E-state index in [1.807, 2.05) is 0 Å². The molecule has 1 aromatic heterocycles. The van der Waals surface area contributed by atoms with E-state index in [4.69, 9.17) is 0 Å². The standard InChI is InChI=1S/C18H12F10N4O/c19-15(6-16(20,21)22)7-31(8-15)13(33)1-2-32-9-29-14(30-32)10-3-11(17(23,24)25)5-12(4-10)18(26,27)28/h1-5,9H,6-8H2/b2-1-. The Morgan fingerprint density at radius 2 is 1.52 bits per heavy atom. The Morgan fingerprint density at radius 1 is 0.970 bits per heavy atom. The van der Waals surface area contributed by atoms with Gasteiger partial charge in [-0.1, -0.05) is 0 Å². The van der Waals surface area contributed by atoms with Crippen molar-refractivity contribution < 1.29 is 48.7 Å². The van der Waals surface area contributed by atoms with Crippen LogP contribution in [0.4, 0.5) is 43.9 Å². The highest BCUT2D eigenvalue weighted by molar-refractivity contribution is 5.91. The van der Waals surface area contributed by atoms with Gasteiger partial charge in [0.2, 0.25) is 5.91 Å². The number of carbonyl (C=O) groups excluding carboxylic acids is 1. The van der Waals surface area contributed by atoms with E-state index in [2.05, 4.69) is 10.1 Å². The highest BCUT2D eigenvalue weighted by Gasteiger charge is 2.52. The summed E-state index contributed by atoms with van der Waals surface area (Å²) in [7, 11) is 0. The van der Waals surface area contributed by atoms with Crippen LogP contribution in [-0.4, -0.2) is 50.5 Å². The van der Waals surface area contributed by atoms with Gasteiger partial charge in [0, 0.05) is 17.8 Å². The molecule has 0 bridgehead atoms. The highest BCUT2D eigenvalue weighted by Crippen LogP contribution is 2.38. The van der Waals surface area contributed by atoms with Crippen molar-refractivity contribution in [2.45, 2.75) is 30.6 Å². The Bertz CT molecular complexity index is 1030. The van der Waals surface area contributed by atoms with Crippen LogP contribution in [0.15, 0.2) is 30.6 Å². The Labute approximate surface area is 178 Å². The number of nitrogens with zero attached hydrogens (tertiary/aromatic N) is 4. The maximum Gasteiger partial charge on any atom is 0.416 e. The van der Waals surface area contributed by atoms with Crippen LogP contribution in [0.1, 0.15) is 17.5 Å². The average molecular weight is 490 g/mol. The van der Waals surface area contributed by atoms with Crippen molar-refractivity contribution >= 4 is 12.1 Å². The lowest BCUT2D eigenvalue weighted by Gasteiger charge is -2.44. The third kappa shape index (κ3) is 6.01. The van der Waals surface area contributed by atoms with Gasteiger partial charge in [0.05, 0.1) is 30.6 Å². The summed E-state index contributed by atoms with van der Waals surface area (Å²) in [6, 6.07) is 0.784. The second-order valence-corrected chi connectivity index (χ2v) is 7.30. The number of benzene rings is 1. The number of aromatic nitrogens is 3. The van der Waals surface area contributed by atoms with Crippen molar-refractivity contribution in [2.24, 2.45) is 0 Å². The van der Waals surface area contributed by atoms with E-state index in [1.54, 1.807) is 0 Å². The molecule has 2 aromatic rings. The molecule has 1 amide bonds. The van der Waals surface area contributed by atoms with Gasteiger partial charge >= 0.3 is 18.5 Å². The predicted molar refractivity (Wildman–Crippen MR) is 91.9 cm³/mol. The molecule has 0 atom stereocenters.